The molecule has 0 unspecified atom stereocenters. The molecule has 1 aromatic carbocycles. The van der Waals surface area contributed by atoms with Gasteiger partial charge in [0.1, 0.15) is 16.4 Å². The number of hydrogen-bond donors (Lipinski definition) is 1. The molecule has 0 saturated carbocycles. The Labute approximate surface area is 158 Å². The summed E-state index contributed by atoms with van der Waals surface area (Å²) in [6, 6.07) is 5.75. The maximum Gasteiger partial charge on any atom is 0.341 e. The van der Waals surface area contributed by atoms with Crippen LogP contribution in [0.2, 0.25) is 0 Å². The van der Waals surface area contributed by atoms with Crippen LogP contribution in [-0.2, 0) is 23.0 Å². The largest absolute Gasteiger partial charge is 0.462 e. The van der Waals surface area contributed by atoms with Crippen LogP contribution in [0, 0.1) is 5.82 Å². The van der Waals surface area contributed by atoms with Crippen molar-refractivity contribution in [3.8, 4) is 11.1 Å². The van der Waals surface area contributed by atoms with Crippen LogP contribution in [0.25, 0.3) is 11.1 Å². The van der Waals surface area contributed by atoms with E-state index < -0.39 is 5.97 Å². The Balaban J connectivity index is 1.90. The van der Waals surface area contributed by atoms with E-state index >= 15 is 0 Å². The van der Waals surface area contributed by atoms with E-state index in [1.807, 2.05) is 0 Å². The van der Waals surface area contributed by atoms with E-state index in [0.29, 0.717) is 22.0 Å². The van der Waals surface area contributed by atoms with Crippen molar-refractivity contribution < 1.29 is 18.7 Å². The summed E-state index contributed by atoms with van der Waals surface area (Å²) in [7, 11) is 1.63. The summed E-state index contributed by atoms with van der Waals surface area (Å²) in [4.78, 5) is 24.8. The molecule has 0 radical (unpaired) electrons. The quantitative estimate of drug-likeness (QED) is 0.650. The first-order valence-electron chi connectivity index (χ1n) is 8.05. The van der Waals surface area contributed by atoms with Crippen LogP contribution < -0.4 is 5.32 Å². The van der Waals surface area contributed by atoms with Crippen LogP contribution >= 0.6 is 11.3 Å². The van der Waals surface area contributed by atoms with Crippen LogP contribution in [0.4, 0.5) is 9.39 Å². The molecule has 27 heavy (non-hydrogen) atoms. The van der Waals surface area contributed by atoms with Gasteiger partial charge in [0.25, 0.3) is 0 Å². The standard InChI is InChI=1S/C17H16FN5O3S/c1-3-26-17(25)15-12(10-4-6-11(18)7-5-10)9-27-16(15)19-14(24)8-13-20-21-22-23(13)2/h4-7,9H,3,8H2,1-2H3,(H,19,24). The van der Waals surface area contributed by atoms with Gasteiger partial charge in [0, 0.05) is 18.0 Å². The van der Waals surface area contributed by atoms with Gasteiger partial charge in [-0.1, -0.05) is 12.1 Å². The average molecular weight is 389 g/mol. The first kappa shape index (κ1) is 18.6. The molecule has 2 aromatic heterocycles. The Bertz CT molecular complexity index is 967. The van der Waals surface area contributed by atoms with Gasteiger partial charge >= 0.3 is 5.97 Å². The topological polar surface area (TPSA) is 99.0 Å². The predicted octanol–water partition coefficient (Wildman–Crippen LogP) is 2.44. The summed E-state index contributed by atoms with van der Waals surface area (Å²) >= 11 is 1.19. The van der Waals surface area contributed by atoms with E-state index in [0.717, 1.165) is 0 Å². The summed E-state index contributed by atoms with van der Waals surface area (Å²) in [5, 5.41) is 15.7. The Morgan fingerprint density at radius 3 is 2.67 bits per heavy atom. The predicted molar refractivity (Wildman–Crippen MR) is 96.8 cm³/mol. The van der Waals surface area contributed by atoms with Gasteiger partial charge in [0.15, 0.2) is 5.82 Å². The number of halogens is 1. The zero-order valence-electron chi connectivity index (χ0n) is 14.6. The zero-order valence-corrected chi connectivity index (χ0v) is 15.4. The van der Waals surface area contributed by atoms with Crippen LogP contribution in [0.3, 0.4) is 0 Å². The minimum absolute atomic E-state index is 0.0461. The number of carbonyl (C=O) groups excluding carboxylic acids is 2. The van der Waals surface area contributed by atoms with E-state index in [9.17, 15) is 14.0 Å². The Kier molecular flexibility index (Phi) is 5.55. The van der Waals surface area contributed by atoms with Crippen molar-refractivity contribution >= 4 is 28.2 Å². The van der Waals surface area contributed by atoms with Gasteiger partial charge in [-0.3, -0.25) is 4.79 Å². The van der Waals surface area contributed by atoms with E-state index in [4.69, 9.17) is 4.74 Å². The van der Waals surface area contributed by atoms with Crippen molar-refractivity contribution in [2.75, 3.05) is 11.9 Å². The second-order valence-corrected chi connectivity index (χ2v) is 6.40. The van der Waals surface area contributed by atoms with Gasteiger partial charge in [-0.25, -0.2) is 13.9 Å². The Morgan fingerprint density at radius 1 is 1.30 bits per heavy atom. The fourth-order valence-corrected chi connectivity index (χ4v) is 3.38. The maximum atomic E-state index is 13.2. The highest BCUT2D eigenvalue weighted by atomic mass is 32.1. The molecule has 10 heteroatoms. The lowest BCUT2D eigenvalue weighted by Gasteiger charge is -2.08. The highest BCUT2D eigenvalue weighted by molar-refractivity contribution is 7.15. The first-order valence-corrected chi connectivity index (χ1v) is 8.93. The third kappa shape index (κ3) is 4.17. The van der Waals surface area contributed by atoms with Crippen molar-refractivity contribution in [3.05, 3.63) is 46.9 Å². The molecule has 0 aliphatic heterocycles. The van der Waals surface area contributed by atoms with Gasteiger partial charge < -0.3 is 10.1 Å². The molecule has 2 heterocycles. The SMILES string of the molecule is CCOC(=O)c1c(-c2ccc(F)cc2)csc1NC(=O)Cc1nnnn1C. The lowest BCUT2D eigenvalue weighted by molar-refractivity contribution is -0.115. The summed E-state index contributed by atoms with van der Waals surface area (Å²) in [6.45, 7) is 1.89. The van der Waals surface area contributed by atoms with E-state index in [-0.39, 0.29) is 30.3 Å². The smallest absolute Gasteiger partial charge is 0.341 e. The lowest BCUT2D eigenvalue weighted by Crippen LogP contribution is -2.18. The number of tetrazole rings is 1. The second-order valence-electron chi connectivity index (χ2n) is 5.52. The number of thiophene rings is 1. The van der Waals surface area contributed by atoms with E-state index in [2.05, 4.69) is 20.8 Å². The summed E-state index contributed by atoms with van der Waals surface area (Å²) < 4.78 is 19.7. The summed E-state index contributed by atoms with van der Waals surface area (Å²) in [6.07, 6.45) is -0.0461. The summed E-state index contributed by atoms with van der Waals surface area (Å²) in [5.41, 5.74) is 1.45. The molecule has 140 valence electrons. The molecule has 3 rings (SSSR count). The molecule has 0 saturated heterocycles. The third-order valence-electron chi connectivity index (χ3n) is 3.71. The van der Waals surface area contributed by atoms with Crippen molar-refractivity contribution in [2.45, 2.75) is 13.3 Å². The number of carbonyl (C=O) groups is 2. The highest BCUT2D eigenvalue weighted by Gasteiger charge is 2.23. The minimum Gasteiger partial charge on any atom is -0.462 e. The zero-order chi connectivity index (χ0) is 19.4. The van der Waals surface area contributed by atoms with Gasteiger partial charge in [0.2, 0.25) is 5.91 Å². The van der Waals surface area contributed by atoms with Crippen molar-refractivity contribution in [1.82, 2.24) is 20.2 Å². The van der Waals surface area contributed by atoms with Crippen LogP contribution in [0.1, 0.15) is 23.1 Å². The third-order valence-corrected chi connectivity index (χ3v) is 4.60. The van der Waals surface area contributed by atoms with Crippen LogP contribution in [0.15, 0.2) is 29.6 Å². The average Bonchev–Trinajstić information content (AvgIpc) is 3.22. The van der Waals surface area contributed by atoms with Crippen molar-refractivity contribution in [2.24, 2.45) is 7.05 Å². The molecule has 0 aliphatic rings. The number of nitrogens with zero attached hydrogens (tertiary/aromatic N) is 4. The molecule has 3 aromatic rings. The maximum absolute atomic E-state index is 13.2. The number of esters is 1. The number of ether oxygens (including phenoxy) is 1. The molecule has 0 spiro atoms. The van der Waals surface area contributed by atoms with Gasteiger partial charge in [-0.05, 0) is 35.0 Å². The Hall–Kier alpha value is -3.14. The lowest BCUT2D eigenvalue weighted by atomic mass is 10.0. The molecular formula is C17H16FN5O3S. The number of aryl methyl sites for hydroxylation is 1. The molecule has 1 N–H and O–H groups in total. The fraction of sp³-hybridized carbons (Fsp3) is 0.235. The number of hydrogen-bond acceptors (Lipinski definition) is 7. The number of benzene rings is 1. The van der Waals surface area contributed by atoms with E-state index in [1.165, 1.54) is 28.2 Å². The molecule has 0 bridgehead atoms. The number of aromatic nitrogens is 4. The number of nitrogens with one attached hydrogen (secondary N) is 1. The number of amides is 1. The van der Waals surface area contributed by atoms with E-state index in [1.54, 1.807) is 31.5 Å². The van der Waals surface area contributed by atoms with Crippen molar-refractivity contribution in [1.29, 1.82) is 0 Å². The monoisotopic (exact) mass is 389 g/mol. The van der Waals surface area contributed by atoms with Gasteiger partial charge in [0.05, 0.1) is 13.0 Å². The summed E-state index contributed by atoms with van der Waals surface area (Å²) in [5.74, 6) is -0.919. The molecular weight excluding hydrogens is 373 g/mol. The highest BCUT2D eigenvalue weighted by Crippen LogP contribution is 2.36. The molecule has 0 atom stereocenters. The second kappa shape index (κ2) is 8.04. The minimum atomic E-state index is -0.561. The van der Waals surface area contributed by atoms with Crippen LogP contribution in [0.5, 0.6) is 0 Å². The Morgan fingerprint density at radius 2 is 2.04 bits per heavy atom. The van der Waals surface area contributed by atoms with Gasteiger partial charge in [-0.15, -0.1) is 16.4 Å². The normalized spacial score (nSPS) is 10.6. The molecule has 8 nitrogen and oxygen atoms in total. The molecule has 1 amide bonds. The van der Waals surface area contributed by atoms with Crippen molar-refractivity contribution in [3.63, 3.8) is 0 Å². The molecule has 0 fully saturated rings. The molecule has 0 aliphatic carbocycles. The fourth-order valence-electron chi connectivity index (χ4n) is 2.41. The van der Waals surface area contributed by atoms with Crippen LogP contribution in [-0.4, -0.2) is 38.7 Å². The first-order chi connectivity index (χ1) is 13.0. The van der Waals surface area contributed by atoms with Gasteiger partial charge in [-0.2, -0.15) is 0 Å². The number of anilines is 1. The number of rotatable bonds is 6.